The number of ether oxygens (including phenoxy) is 2. The summed E-state index contributed by atoms with van der Waals surface area (Å²) in [6.45, 7) is 0. The number of hydrogen-bond donors (Lipinski definition) is 1. The Morgan fingerprint density at radius 3 is 2.80 bits per heavy atom. The van der Waals surface area contributed by atoms with Gasteiger partial charge in [0.1, 0.15) is 0 Å². The molecule has 4 nitrogen and oxygen atoms in total. The van der Waals surface area contributed by atoms with Crippen LogP contribution in [0.3, 0.4) is 0 Å². The molecule has 0 bridgehead atoms. The Kier molecular flexibility index (Phi) is 2.64. The predicted octanol–water partition coefficient (Wildman–Crippen LogP) is 1.41. The molecule has 15 heavy (non-hydrogen) atoms. The Morgan fingerprint density at radius 1 is 1.47 bits per heavy atom. The van der Waals surface area contributed by atoms with Crippen molar-refractivity contribution in [3.8, 4) is 0 Å². The third kappa shape index (κ3) is 1.97. The molecule has 2 rings (SSSR count). The molecule has 77 valence electrons. The van der Waals surface area contributed by atoms with Gasteiger partial charge < -0.3 is 15.2 Å². The third-order valence-electron chi connectivity index (χ3n) is 1.83. The van der Waals surface area contributed by atoms with E-state index in [9.17, 15) is 4.79 Å². The molecule has 0 aliphatic carbocycles. The number of nitrogens with two attached hydrogens (primary N) is 1. The molecule has 0 saturated heterocycles. The topological polar surface area (TPSA) is 61.6 Å². The zero-order chi connectivity index (χ0) is 10.8. The minimum Gasteiger partial charge on any atom is -0.442 e. The van der Waals surface area contributed by atoms with Crippen LogP contribution in [0, 0.1) is 6.26 Å². The first-order valence-electron chi connectivity index (χ1n) is 4.18. The molecule has 0 fully saturated rings. The second kappa shape index (κ2) is 3.94. The van der Waals surface area contributed by atoms with Crippen molar-refractivity contribution in [1.82, 2.24) is 0 Å². The second-order valence-corrected chi connectivity index (χ2v) is 3.74. The Balaban J connectivity index is 2.21. The van der Waals surface area contributed by atoms with Crippen LogP contribution in [-0.4, -0.2) is 12.2 Å². The van der Waals surface area contributed by atoms with Crippen molar-refractivity contribution in [2.45, 2.75) is 6.29 Å². The maximum absolute atomic E-state index is 10.8. The van der Waals surface area contributed by atoms with Crippen molar-refractivity contribution < 1.29 is 14.3 Å². The molecule has 0 aromatic heterocycles. The molecule has 1 unspecified atom stereocenters. The lowest BCUT2D eigenvalue weighted by Gasteiger charge is -2.08. The van der Waals surface area contributed by atoms with Gasteiger partial charge in [0.25, 0.3) is 5.91 Å². The Morgan fingerprint density at radius 2 is 2.20 bits per heavy atom. The van der Waals surface area contributed by atoms with Crippen LogP contribution in [0.25, 0.3) is 5.76 Å². The fourth-order valence-electron chi connectivity index (χ4n) is 1.14. The summed E-state index contributed by atoms with van der Waals surface area (Å²) >= 11 is 3.35. The number of rotatable bonds is 2. The van der Waals surface area contributed by atoms with Gasteiger partial charge in [0, 0.05) is 10.0 Å². The lowest BCUT2D eigenvalue weighted by Crippen LogP contribution is -2.29. The molecule has 1 aromatic carbocycles. The van der Waals surface area contributed by atoms with E-state index in [4.69, 9.17) is 15.2 Å². The monoisotopic (exact) mass is 268 g/mol. The highest BCUT2D eigenvalue weighted by atomic mass is 79.9. The van der Waals surface area contributed by atoms with Crippen molar-refractivity contribution >= 4 is 27.6 Å². The summed E-state index contributed by atoms with van der Waals surface area (Å²) in [6.07, 6.45) is 1.43. The van der Waals surface area contributed by atoms with E-state index in [-0.39, 0.29) is 0 Å². The SMILES string of the molecule is NC(=O)C1O[C]=C(c2ccccc2Br)O1. The molecule has 1 radical (unpaired) electrons. The number of halogens is 1. The number of carbonyl (C=O) groups excluding carboxylic acids is 1. The molecule has 1 amide bonds. The second-order valence-electron chi connectivity index (χ2n) is 2.88. The number of primary amides is 1. The van der Waals surface area contributed by atoms with Crippen LogP contribution in [0.15, 0.2) is 28.7 Å². The molecule has 2 N–H and O–H groups in total. The summed E-state index contributed by atoms with van der Waals surface area (Å²) in [7, 11) is 0. The molecule has 0 spiro atoms. The molecular weight excluding hydrogens is 262 g/mol. The largest absolute Gasteiger partial charge is 0.442 e. The molecule has 1 heterocycles. The number of hydrogen-bond acceptors (Lipinski definition) is 3. The minimum atomic E-state index is -1.08. The average molecular weight is 269 g/mol. The van der Waals surface area contributed by atoms with Crippen LogP contribution < -0.4 is 5.73 Å². The summed E-state index contributed by atoms with van der Waals surface area (Å²) in [5, 5.41) is 0. The predicted molar refractivity (Wildman–Crippen MR) is 55.9 cm³/mol. The normalized spacial score (nSPS) is 19.0. The van der Waals surface area contributed by atoms with Gasteiger partial charge in [0.05, 0.1) is 0 Å². The first-order chi connectivity index (χ1) is 7.18. The number of benzene rings is 1. The van der Waals surface area contributed by atoms with E-state index < -0.39 is 12.2 Å². The van der Waals surface area contributed by atoms with E-state index >= 15 is 0 Å². The smallest absolute Gasteiger partial charge is 0.321 e. The van der Waals surface area contributed by atoms with Crippen LogP contribution in [0.1, 0.15) is 5.56 Å². The first kappa shape index (κ1) is 10.0. The van der Waals surface area contributed by atoms with E-state index in [1.807, 2.05) is 24.3 Å². The van der Waals surface area contributed by atoms with Crippen LogP contribution in [0.2, 0.25) is 0 Å². The van der Waals surface area contributed by atoms with Gasteiger partial charge >= 0.3 is 6.29 Å². The van der Waals surface area contributed by atoms with Crippen LogP contribution in [0.4, 0.5) is 0 Å². The van der Waals surface area contributed by atoms with Gasteiger partial charge in [0.15, 0.2) is 5.76 Å². The summed E-state index contributed by atoms with van der Waals surface area (Å²) < 4.78 is 10.8. The summed E-state index contributed by atoms with van der Waals surface area (Å²) in [4.78, 5) is 10.8. The molecule has 1 aliphatic rings. The third-order valence-corrected chi connectivity index (χ3v) is 2.53. The lowest BCUT2D eigenvalue weighted by atomic mass is 10.2. The van der Waals surface area contributed by atoms with E-state index in [2.05, 4.69) is 22.2 Å². The number of carbonyl (C=O) groups is 1. The van der Waals surface area contributed by atoms with Crippen LogP contribution in [-0.2, 0) is 14.3 Å². The van der Waals surface area contributed by atoms with Crippen LogP contribution >= 0.6 is 15.9 Å². The molecule has 1 aliphatic heterocycles. The van der Waals surface area contributed by atoms with Crippen molar-refractivity contribution in [2.24, 2.45) is 5.73 Å². The van der Waals surface area contributed by atoms with Gasteiger partial charge in [-0.05, 0) is 12.1 Å². The Labute approximate surface area is 94.8 Å². The molecule has 1 atom stereocenters. The van der Waals surface area contributed by atoms with Crippen molar-refractivity contribution in [3.63, 3.8) is 0 Å². The quantitative estimate of drug-likeness (QED) is 0.882. The van der Waals surface area contributed by atoms with E-state index in [0.717, 1.165) is 10.0 Å². The van der Waals surface area contributed by atoms with Crippen molar-refractivity contribution in [1.29, 1.82) is 0 Å². The fraction of sp³-hybridized carbons (Fsp3) is 0.100. The Bertz CT molecular complexity index is 430. The summed E-state index contributed by atoms with van der Waals surface area (Å²) in [6, 6.07) is 7.38. The van der Waals surface area contributed by atoms with Gasteiger partial charge in [-0.25, -0.2) is 0 Å². The van der Waals surface area contributed by atoms with E-state index in [0.29, 0.717) is 5.76 Å². The highest BCUT2D eigenvalue weighted by Gasteiger charge is 2.27. The number of amides is 1. The van der Waals surface area contributed by atoms with Gasteiger partial charge in [-0.1, -0.05) is 28.1 Å². The fourth-order valence-corrected chi connectivity index (χ4v) is 1.61. The van der Waals surface area contributed by atoms with E-state index in [1.165, 1.54) is 0 Å². The van der Waals surface area contributed by atoms with Gasteiger partial charge in [-0.15, -0.1) is 0 Å². The highest BCUT2D eigenvalue weighted by Crippen LogP contribution is 2.29. The molecule has 0 saturated carbocycles. The van der Waals surface area contributed by atoms with Gasteiger partial charge in [-0.3, -0.25) is 4.79 Å². The maximum Gasteiger partial charge on any atom is 0.321 e. The Hall–Kier alpha value is -1.49. The first-order valence-corrected chi connectivity index (χ1v) is 4.97. The van der Waals surface area contributed by atoms with Gasteiger partial charge in [0.2, 0.25) is 6.26 Å². The lowest BCUT2D eigenvalue weighted by molar-refractivity contribution is -0.140. The average Bonchev–Trinajstić information content (AvgIpc) is 2.67. The zero-order valence-corrected chi connectivity index (χ0v) is 9.15. The van der Waals surface area contributed by atoms with Crippen LogP contribution in [0.5, 0.6) is 0 Å². The maximum atomic E-state index is 10.8. The highest BCUT2D eigenvalue weighted by molar-refractivity contribution is 9.10. The zero-order valence-electron chi connectivity index (χ0n) is 7.57. The molecular formula is C10H7BrNO3. The molecule has 5 heteroatoms. The molecule has 1 aromatic rings. The standard InChI is InChI=1S/C10H7BrNO3/c11-7-4-2-1-3-6(7)8-5-14-10(15-8)9(12)13/h1-4,10H,(H2,12,13). The van der Waals surface area contributed by atoms with Gasteiger partial charge in [-0.2, -0.15) is 0 Å². The van der Waals surface area contributed by atoms with Crippen molar-refractivity contribution in [3.05, 3.63) is 40.6 Å². The summed E-state index contributed by atoms with van der Waals surface area (Å²) in [5.74, 6) is -0.309. The minimum absolute atomic E-state index is 0.367. The van der Waals surface area contributed by atoms with E-state index in [1.54, 1.807) is 0 Å². The van der Waals surface area contributed by atoms with Crippen molar-refractivity contribution in [2.75, 3.05) is 0 Å². The summed E-state index contributed by atoms with van der Waals surface area (Å²) in [5.41, 5.74) is 5.79.